The molecule has 1 aromatic rings. The summed E-state index contributed by atoms with van der Waals surface area (Å²) >= 11 is 0. The Morgan fingerprint density at radius 2 is 2.40 bits per heavy atom. The molecular weight excluding hydrogens is 190 g/mol. The average Bonchev–Trinajstić information content (AvgIpc) is 2.58. The summed E-state index contributed by atoms with van der Waals surface area (Å²) in [5.74, 6) is 2.27. The maximum absolute atomic E-state index is 10.9. The van der Waals surface area contributed by atoms with Crippen LogP contribution in [0.15, 0.2) is 0 Å². The zero-order chi connectivity index (χ0) is 10.8. The Hall–Kier alpha value is -1.19. The first-order chi connectivity index (χ1) is 7.20. The molecule has 82 valence electrons. The van der Waals surface area contributed by atoms with E-state index in [1.165, 1.54) is 0 Å². The van der Waals surface area contributed by atoms with Crippen molar-refractivity contribution in [3.63, 3.8) is 0 Å². The number of fused-ring (bicyclic) bond motifs is 1. The van der Waals surface area contributed by atoms with Crippen LogP contribution in [0.5, 0.6) is 0 Å². The molecule has 0 radical (unpaired) electrons. The van der Waals surface area contributed by atoms with E-state index in [0.717, 1.165) is 43.7 Å². The lowest BCUT2D eigenvalue weighted by Crippen LogP contribution is -2.17. The Balaban J connectivity index is 2.25. The van der Waals surface area contributed by atoms with E-state index in [1.54, 1.807) is 0 Å². The SMILES string of the molecule is CC(C)Cc1nc2n(n1)CCCC2C=O. The number of rotatable bonds is 3. The van der Waals surface area contributed by atoms with Crippen LogP contribution >= 0.6 is 0 Å². The summed E-state index contributed by atoms with van der Waals surface area (Å²) < 4.78 is 1.90. The molecule has 2 heterocycles. The first-order valence-corrected chi connectivity index (χ1v) is 5.59. The number of nitrogens with zero attached hydrogens (tertiary/aromatic N) is 3. The van der Waals surface area contributed by atoms with Crippen LogP contribution in [0.3, 0.4) is 0 Å². The molecule has 1 aliphatic heterocycles. The molecule has 1 aromatic heterocycles. The Bertz CT molecular complexity index is 357. The highest BCUT2D eigenvalue weighted by Crippen LogP contribution is 2.23. The van der Waals surface area contributed by atoms with Gasteiger partial charge in [0.1, 0.15) is 12.1 Å². The fourth-order valence-corrected chi connectivity index (χ4v) is 2.01. The quantitative estimate of drug-likeness (QED) is 0.706. The van der Waals surface area contributed by atoms with Gasteiger partial charge >= 0.3 is 0 Å². The van der Waals surface area contributed by atoms with E-state index in [4.69, 9.17) is 0 Å². The lowest BCUT2D eigenvalue weighted by molar-refractivity contribution is -0.109. The molecule has 0 saturated heterocycles. The molecule has 15 heavy (non-hydrogen) atoms. The van der Waals surface area contributed by atoms with E-state index >= 15 is 0 Å². The molecule has 2 rings (SSSR count). The van der Waals surface area contributed by atoms with Crippen molar-refractivity contribution >= 4 is 6.29 Å². The smallest absolute Gasteiger partial charge is 0.151 e. The summed E-state index contributed by atoms with van der Waals surface area (Å²) in [7, 11) is 0. The summed E-state index contributed by atoms with van der Waals surface area (Å²) in [6.45, 7) is 5.21. The highest BCUT2D eigenvalue weighted by atomic mass is 16.1. The van der Waals surface area contributed by atoms with Crippen molar-refractivity contribution in [2.75, 3.05) is 0 Å². The number of aromatic nitrogens is 3. The van der Waals surface area contributed by atoms with E-state index < -0.39 is 0 Å². The molecule has 0 spiro atoms. The lowest BCUT2D eigenvalue weighted by Gasteiger charge is -2.16. The van der Waals surface area contributed by atoms with Crippen LogP contribution in [0.4, 0.5) is 0 Å². The molecule has 0 fully saturated rings. The van der Waals surface area contributed by atoms with Crippen molar-refractivity contribution in [3.8, 4) is 0 Å². The van der Waals surface area contributed by atoms with Gasteiger partial charge in [-0.15, -0.1) is 0 Å². The minimum absolute atomic E-state index is 0.0350. The van der Waals surface area contributed by atoms with Gasteiger partial charge in [0.2, 0.25) is 0 Å². The Labute approximate surface area is 89.7 Å². The first-order valence-electron chi connectivity index (χ1n) is 5.59. The third kappa shape index (κ3) is 2.08. The molecular formula is C11H17N3O. The van der Waals surface area contributed by atoms with Gasteiger partial charge in [0.25, 0.3) is 0 Å². The summed E-state index contributed by atoms with van der Waals surface area (Å²) in [5, 5.41) is 4.44. The van der Waals surface area contributed by atoms with Gasteiger partial charge in [-0.05, 0) is 18.8 Å². The number of aldehydes is 1. The Morgan fingerprint density at radius 1 is 1.60 bits per heavy atom. The number of aryl methyl sites for hydroxylation is 1. The number of hydrogen-bond acceptors (Lipinski definition) is 3. The zero-order valence-corrected chi connectivity index (χ0v) is 9.31. The molecule has 0 N–H and O–H groups in total. The van der Waals surface area contributed by atoms with Crippen LogP contribution in [0.1, 0.15) is 44.3 Å². The summed E-state index contributed by atoms with van der Waals surface area (Å²) in [6, 6.07) is 0. The average molecular weight is 207 g/mol. The van der Waals surface area contributed by atoms with Crippen LogP contribution in [-0.2, 0) is 17.8 Å². The monoisotopic (exact) mass is 207 g/mol. The van der Waals surface area contributed by atoms with Crippen LogP contribution < -0.4 is 0 Å². The van der Waals surface area contributed by atoms with Gasteiger partial charge in [-0.1, -0.05) is 13.8 Å². The standard InChI is InChI=1S/C11H17N3O/c1-8(2)6-10-12-11-9(7-15)4-3-5-14(11)13-10/h7-9H,3-6H2,1-2H3. The van der Waals surface area contributed by atoms with Crippen molar-refractivity contribution < 1.29 is 4.79 Å². The molecule has 0 aliphatic carbocycles. The largest absolute Gasteiger partial charge is 0.303 e. The fraction of sp³-hybridized carbons (Fsp3) is 0.727. The van der Waals surface area contributed by atoms with Gasteiger partial charge in [0.05, 0.1) is 5.92 Å². The fourth-order valence-electron chi connectivity index (χ4n) is 2.01. The third-order valence-electron chi connectivity index (χ3n) is 2.72. The van der Waals surface area contributed by atoms with Gasteiger partial charge in [-0.2, -0.15) is 5.10 Å². The van der Waals surface area contributed by atoms with Crippen LogP contribution in [0.2, 0.25) is 0 Å². The van der Waals surface area contributed by atoms with Crippen molar-refractivity contribution in [1.29, 1.82) is 0 Å². The normalized spacial score (nSPS) is 20.3. The molecule has 1 atom stereocenters. The second-order valence-corrected chi connectivity index (χ2v) is 4.59. The highest BCUT2D eigenvalue weighted by molar-refractivity contribution is 5.60. The van der Waals surface area contributed by atoms with Gasteiger partial charge in [-0.25, -0.2) is 9.67 Å². The maximum atomic E-state index is 10.9. The zero-order valence-electron chi connectivity index (χ0n) is 9.31. The predicted octanol–water partition coefficient (Wildman–Crippen LogP) is 1.55. The van der Waals surface area contributed by atoms with Gasteiger partial charge in [0.15, 0.2) is 5.82 Å². The molecule has 1 unspecified atom stereocenters. The minimum Gasteiger partial charge on any atom is -0.303 e. The van der Waals surface area contributed by atoms with Gasteiger partial charge in [-0.3, -0.25) is 0 Å². The number of carbonyl (C=O) groups is 1. The van der Waals surface area contributed by atoms with Crippen molar-refractivity contribution in [2.24, 2.45) is 5.92 Å². The molecule has 0 amide bonds. The topological polar surface area (TPSA) is 47.8 Å². The minimum atomic E-state index is -0.0350. The van der Waals surface area contributed by atoms with Crippen molar-refractivity contribution in [3.05, 3.63) is 11.6 Å². The molecule has 1 aliphatic rings. The number of hydrogen-bond donors (Lipinski definition) is 0. The highest BCUT2D eigenvalue weighted by Gasteiger charge is 2.23. The van der Waals surface area contributed by atoms with E-state index in [2.05, 4.69) is 23.9 Å². The Morgan fingerprint density at radius 3 is 3.07 bits per heavy atom. The van der Waals surface area contributed by atoms with Crippen molar-refractivity contribution in [1.82, 2.24) is 14.8 Å². The third-order valence-corrected chi connectivity index (χ3v) is 2.72. The molecule has 0 bridgehead atoms. The van der Waals surface area contributed by atoms with Crippen LogP contribution in [0.25, 0.3) is 0 Å². The summed E-state index contributed by atoms with van der Waals surface area (Å²) in [5.41, 5.74) is 0. The second-order valence-electron chi connectivity index (χ2n) is 4.59. The van der Waals surface area contributed by atoms with E-state index in [9.17, 15) is 4.79 Å². The van der Waals surface area contributed by atoms with Gasteiger partial charge < -0.3 is 4.79 Å². The summed E-state index contributed by atoms with van der Waals surface area (Å²) in [6.07, 6.45) is 3.84. The number of carbonyl (C=O) groups excluding carboxylic acids is 1. The second kappa shape index (κ2) is 4.13. The lowest BCUT2D eigenvalue weighted by atomic mass is 10.0. The first kappa shape index (κ1) is 10.3. The summed E-state index contributed by atoms with van der Waals surface area (Å²) in [4.78, 5) is 15.3. The van der Waals surface area contributed by atoms with E-state index in [0.29, 0.717) is 5.92 Å². The van der Waals surface area contributed by atoms with Crippen LogP contribution in [0, 0.1) is 5.92 Å². The molecule has 0 aromatic carbocycles. The van der Waals surface area contributed by atoms with Gasteiger partial charge in [0, 0.05) is 13.0 Å². The van der Waals surface area contributed by atoms with Crippen LogP contribution in [-0.4, -0.2) is 21.1 Å². The molecule has 4 nitrogen and oxygen atoms in total. The molecule has 0 saturated carbocycles. The van der Waals surface area contributed by atoms with E-state index in [1.807, 2.05) is 4.68 Å². The molecule has 4 heteroatoms. The predicted molar refractivity (Wildman–Crippen MR) is 56.6 cm³/mol. The van der Waals surface area contributed by atoms with Crippen molar-refractivity contribution in [2.45, 2.75) is 45.6 Å². The Kier molecular flexibility index (Phi) is 2.84. The maximum Gasteiger partial charge on any atom is 0.151 e. The van der Waals surface area contributed by atoms with E-state index in [-0.39, 0.29) is 5.92 Å².